The minimum atomic E-state index is -3.53. The van der Waals surface area contributed by atoms with Gasteiger partial charge in [0.1, 0.15) is 24.1 Å². The third kappa shape index (κ3) is 5.80. The molecular weight excluding hydrogens is 503 g/mol. The minimum absolute atomic E-state index is 0.0737. The Kier molecular flexibility index (Phi) is 7.61. The molecule has 0 spiro atoms. The highest BCUT2D eigenvalue weighted by Gasteiger charge is 2.50. The van der Waals surface area contributed by atoms with E-state index < -0.39 is 15.7 Å². The van der Waals surface area contributed by atoms with Gasteiger partial charge in [-0.3, -0.25) is 0 Å². The number of nitrogens with one attached hydrogen (secondary N) is 1. The summed E-state index contributed by atoms with van der Waals surface area (Å²) in [7, 11) is -3.53. The number of piperidine rings is 1. The maximum Gasteiger partial charge on any atom is 0.410 e. The van der Waals surface area contributed by atoms with E-state index in [1.807, 2.05) is 27.7 Å². The smallest absolute Gasteiger partial charge is 0.410 e. The van der Waals surface area contributed by atoms with E-state index in [4.69, 9.17) is 14.2 Å². The first-order chi connectivity index (χ1) is 17.3. The van der Waals surface area contributed by atoms with Crippen molar-refractivity contribution >= 4 is 27.4 Å². The van der Waals surface area contributed by atoms with Crippen LogP contribution in [0.25, 0.3) is 0 Å². The van der Waals surface area contributed by atoms with Crippen LogP contribution in [0.3, 0.4) is 0 Å². The lowest BCUT2D eigenvalue weighted by atomic mass is 9.77. The largest absolute Gasteiger partial charge is 0.473 e. The fourth-order valence-corrected chi connectivity index (χ4v) is 5.48. The van der Waals surface area contributed by atoms with Crippen LogP contribution in [0.5, 0.6) is 5.88 Å². The molecule has 2 fully saturated rings. The number of amides is 1. The molecule has 202 valence electrons. The van der Waals surface area contributed by atoms with Gasteiger partial charge in [-0.25, -0.2) is 27.6 Å². The molecule has 1 aromatic carbocycles. The van der Waals surface area contributed by atoms with E-state index in [0.717, 1.165) is 12.3 Å². The zero-order valence-electron chi connectivity index (χ0n) is 21.8. The normalized spacial score (nSPS) is 25.6. The second-order valence-electron chi connectivity index (χ2n) is 9.99. The van der Waals surface area contributed by atoms with Crippen LogP contribution in [0.1, 0.15) is 33.3 Å². The second-order valence-corrected chi connectivity index (χ2v) is 12.0. The fourth-order valence-electron chi connectivity index (χ4n) is 4.84. The van der Waals surface area contributed by atoms with E-state index >= 15 is 0 Å². The van der Waals surface area contributed by atoms with Gasteiger partial charge >= 0.3 is 6.09 Å². The number of carbonyl (C=O) groups is 1. The molecule has 37 heavy (non-hydrogen) atoms. The highest BCUT2D eigenvalue weighted by Crippen LogP contribution is 2.39. The molecule has 4 unspecified atom stereocenters. The van der Waals surface area contributed by atoms with Gasteiger partial charge in [0, 0.05) is 31.2 Å². The molecule has 12 heteroatoms. The Labute approximate surface area is 216 Å². The lowest BCUT2D eigenvalue weighted by Gasteiger charge is -2.51. The Hall–Kier alpha value is -2.99. The molecule has 2 aliphatic heterocycles. The molecule has 0 radical (unpaired) electrons. The third-order valence-electron chi connectivity index (χ3n) is 6.84. The van der Waals surface area contributed by atoms with E-state index in [-0.39, 0.29) is 52.9 Å². The Morgan fingerprint density at radius 3 is 2.41 bits per heavy atom. The number of aromatic nitrogens is 2. The van der Waals surface area contributed by atoms with Crippen LogP contribution in [0.4, 0.5) is 20.7 Å². The topological polar surface area (TPSA) is 120 Å². The predicted octanol–water partition coefficient (Wildman–Crippen LogP) is 3.72. The molecule has 4 atom stereocenters. The summed E-state index contributed by atoms with van der Waals surface area (Å²) in [6, 6.07) is 3.65. The van der Waals surface area contributed by atoms with Gasteiger partial charge in [0.15, 0.2) is 9.84 Å². The zero-order chi connectivity index (χ0) is 27.1. The number of hydrogen-bond donors (Lipinski definition) is 1. The lowest BCUT2D eigenvalue weighted by molar-refractivity contribution is -0.181. The molecule has 1 aromatic heterocycles. The summed E-state index contributed by atoms with van der Waals surface area (Å²) in [5.74, 6) is -0.275. The molecule has 3 heterocycles. The first-order valence-corrected chi connectivity index (χ1v) is 14.1. The summed E-state index contributed by atoms with van der Waals surface area (Å²) in [5.41, 5.74) is 0.639. The number of anilines is 2. The number of sulfone groups is 1. The molecule has 0 saturated carbocycles. The highest BCUT2D eigenvalue weighted by atomic mass is 32.2. The zero-order valence-corrected chi connectivity index (χ0v) is 22.6. The number of fused-ring (bicyclic) bond motifs is 2. The Morgan fingerprint density at radius 2 is 1.84 bits per heavy atom. The van der Waals surface area contributed by atoms with Gasteiger partial charge < -0.3 is 24.4 Å². The minimum Gasteiger partial charge on any atom is -0.473 e. The number of carbonyl (C=O) groups excluding carboxylic acids is 1. The number of ether oxygens (including phenoxy) is 3. The molecule has 4 rings (SSSR count). The molecular formula is C25H33FN4O6S. The number of nitrogens with zero attached hydrogens (tertiary/aromatic N) is 3. The van der Waals surface area contributed by atoms with E-state index in [1.165, 1.54) is 18.5 Å². The molecule has 1 amide bonds. The average Bonchev–Trinajstić information content (AvgIpc) is 2.80. The monoisotopic (exact) mass is 536 g/mol. The maximum atomic E-state index is 14.6. The first kappa shape index (κ1) is 27.1. The van der Waals surface area contributed by atoms with Crippen LogP contribution in [-0.4, -0.2) is 73.1 Å². The summed E-state index contributed by atoms with van der Waals surface area (Å²) in [6.07, 6.45) is 1.19. The van der Waals surface area contributed by atoms with Crippen LogP contribution in [0.2, 0.25) is 0 Å². The van der Waals surface area contributed by atoms with Crippen LogP contribution < -0.4 is 10.1 Å². The van der Waals surface area contributed by atoms with Crippen molar-refractivity contribution in [1.82, 2.24) is 14.9 Å². The van der Waals surface area contributed by atoms with Crippen molar-refractivity contribution in [1.29, 1.82) is 0 Å². The fraction of sp³-hybridized carbons (Fsp3) is 0.560. The van der Waals surface area contributed by atoms with E-state index in [1.54, 1.807) is 11.8 Å². The summed E-state index contributed by atoms with van der Waals surface area (Å²) < 4.78 is 56.1. The van der Waals surface area contributed by atoms with Crippen molar-refractivity contribution in [2.45, 2.75) is 63.9 Å². The Balaban J connectivity index is 1.56. The van der Waals surface area contributed by atoms with Gasteiger partial charge in [0.05, 0.1) is 34.5 Å². The van der Waals surface area contributed by atoms with Crippen molar-refractivity contribution in [3.8, 4) is 5.88 Å². The summed E-state index contributed by atoms with van der Waals surface area (Å²) in [6.45, 7) is 10.2. The van der Waals surface area contributed by atoms with Crippen LogP contribution in [-0.2, 0) is 19.3 Å². The van der Waals surface area contributed by atoms with Gasteiger partial charge in [-0.2, -0.15) is 0 Å². The van der Waals surface area contributed by atoms with E-state index in [9.17, 15) is 17.6 Å². The quantitative estimate of drug-likeness (QED) is 0.589. The van der Waals surface area contributed by atoms with Crippen molar-refractivity contribution in [2.24, 2.45) is 11.8 Å². The Morgan fingerprint density at radius 1 is 1.19 bits per heavy atom. The second kappa shape index (κ2) is 10.4. The van der Waals surface area contributed by atoms with Crippen LogP contribution >= 0.6 is 0 Å². The molecule has 1 N–H and O–H groups in total. The van der Waals surface area contributed by atoms with Gasteiger partial charge in [-0.15, -0.1) is 0 Å². The van der Waals surface area contributed by atoms with E-state index in [2.05, 4.69) is 15.3 Å². The molecule has 0 aliphatic carbocycles. The van der Waals surface area contributed by atoms with Crippen molar-refractivity contribution in [3.05, 3.63) is 35.9 Å². The molecule has 2 bridgehead atoms. The summed E-state index contributed by atoms with van der Waals surface area (Å²) >= 11 is 0. The van der Waals surface area contributed by atoms with Gasteiger partial charge in [0.25, 0.3) is 0 Å². The van der Waals surface area contributed by atoms with Gasteiger partial charge in [-0.1, -0.05) is 0 Å². The van der Waals surface area contributed by atoms with Crippen molar-refractivity contribution < 1.29 is 31.8 Å². The van der Waals surface area contributed by atoms with Crippen molar-refractivity contribution in [3.63, 3.8) is 0 Å². The van der Waals surface area contributed by atoms with Crippen LogP contribution in [0, 0.1) is 24.6 Å². The molecule has 2 aliphatic rings. The maximum absolute atomic E-state index is 14.6. The number of likely N-dealkylation sites (tertiary alicyclic amines) is 1. The van der Waals surface area contributed by atoms with Crippen molar-refractivity contribution in [2.75, 3.05) is 24.7 Å². The number of rotatable bonds is 6. The number of halogens is 1. The summed E-state index contributed by atoms with van der Waals surface area (Å²) in [4.78, 5) is 22.8. The van der Waals surface area contributed by atoms with Crippen LogP contribution in [0.15, 0.2) is 29.4 Å². The number of benzene rings is 1. The standard InChI is InChI=1S/C25H33FN4O6S/c1-13(2)34-25(31)30-10-18-15(4)35-16(5)19(11-30)22(18)36-24-14(3)23(27-12-28-24)29-21-8-7-17(9-20(21)26)37(6,32)33/h7-9,12-13,15-16,18-19,22H,10-11H2,1-6H3,(H,27,28,29). The molecule has 2 aromatic rings. The molecule has 2 saturated heterocycles. The Bertz CT molecular complexity index is 1260. The third-order valence-corrected chi connectivity index (χ3v) is 7.95. The summed E-state index contributed by atoms with van der Waals surface area (Å²) in [5, 5.41) is 2.91. The predicted molar refractivity (Wildman–Crippen MR) is 134 cm³/mol. The van der Waals surface area contributed by atoms with Gasteiger partial charge in [0.2, 0.25) is 5.88 Å². The molecule has 10 nitrogen and oxygen atoms in total. The van der Waals surface area contributed by atoms with E-state index in [0.29, 0.717) is 30.4 Å². The average molecular weight is 537 g/mol. The number of hydrogen-bond acceptors (Lipinski definition) is 9. The van der Waals surface area contributed by atoms with Gasteiger partial charge in [-0.05, 0) is 52.8 Å². The SMILES string of the molecule is Cc1c(Nc2ccc(S(C)(=O)=O)cc2F)ncnc1OC1C2CN(C(=O)OC(C)C)CC1C(C)OC2C. The highest BCUT2D eigenvalue weighted by molar-refractivity contribution is 7.90. The first-order valence-electron chi connectivity index (χ1n) is 12.2. The lowest BCUT2D eigenvalue weighted by Crippen LogP contribution is -2.63.